The number of rotatable bonds is 3. The van der Waals surface area contributed by atoms with Crippen LogP contribution in [0.15, 0.2) is 42.5 Å². The Labute approximate surface area is 104 Å². The maximum atomic E-state index is 12.7. The summed E-state index contributed by atoms with van der Waals surface area (Å²) in [6.07, 6.45) is 0. The van der Waals surface area contributed by atoms with Gasteiger partial charge >= 0.3 is 0 Å². The van der Waals surface area contributed by atoms with Crippen LogP contribution < -0.4 is 10.5 Å². The molecule has 0 heterocycles. The Bertz CT molecular complexity index is 579. The summed E-state index contributed by atoms with van der Waals surface area (Å²) < 4.78 is 18.2. The van der Waals surface area contributed by atoms with E-state index in [-0.39, 0.29) is 11.6 Å². The van der Waals surface area contributed by atoms with Crippen molar-refractivity contribution >= 4 is 11.5 Å². The second kappa shape index (κ2) is 4.87. The first-order chi connectivity index (χ1) is 8.56. The highest BCUT2D eigenvalue weighted by Gasteiger charge is 2.06. The van der Waals surface area contributed by atoms with Crippen LogP contribution in [0.1, 0.15) is 17.3 Å². The Hall–Kier alpha value is -2.36. The fraction of sp³-hybridized carbons (Fsp3) is 0.0714. The highest BCUT2D eigenvalue weighted by Crippen LogP contribution is 2.28. The van der Waals surface area contributed by atoms with Gasteiger partial charge in [0.1, 0.15) is 17.3 Å². The first-order valence-corrected chi connectivity index (χ1v) is 5.40. The monoisotopic (exact) mass is 245 g/mol. The molecule has 0 unspecified atom stereocenters. The van der Waals surface area contributed by atoms with Crippen molar-refractivity contribution in [1.82, 2.24) is 0 Å². The van der Waals surface area contributed by atoms with Gasteiger partial charge in [0.25, 0.3) is 0 Å². The predicted octanol–water partition coefficient (Wildman–Crippen LogP) is 3.40. The smallest absolute Gasteiger partial charge is 0.159 e. The minimum absolute atomic E-state index is 0.0602. The number of benzene rings is 2. The van der Waals surface area contributed by atoms with Crippen molar-refractivity contribution in [2.24, 2.45) is 0 Å². The Morgan fingerprint density at radius 3 is 2.39 bits per heavy atom. The molecule has 0 aliphatic rings. The van der Waals surface area contributed by atoms with Crippen molar-refractivity contribution in [3.8, 4) is 11.5 Å². The van der Waals surface area contributed by atoms with Crippen LogP contribution in [-0.4, -0.2) is 5.78 Å². The molecule has 0 bridgehead atoms. The number of anilines is 1. The zero-order valence-electron chi connectivity index (χ0n) is 9.81. The van der Waals surface area contributed by atoms with E-state index < -0.39 is 0 Å². The molecule has 2 aromatic carbocycles. The third-order valence-electron chi connectivity index (χ3n) is 2.46. The number of hydrogen-bond acceptors (Lipinski definition) is 3. The van der Waals surface area contributed by atoms with Crippen LogP contribution in [0.25, 0.3) is 0 Å². The van der Waals surface area contributed by atoms with Crippen LogP contribution in [0.4, 0.5) is 10.1 Å². The molecule has 2 aromatic rings. The summed E-state index contributed by atoms with van der Waals surface area (Å²) in [6.45, 7) is 1.47. The summed E-state index contributed by atoms with van der Waals surface area (Å²) >= 11 is 0. The SMILES string of the molecule is CC(=O)c1ccc(Oc2ccc(F)cc2)c(N)c1. The van der Waals surface area contributed by atoms with Gasteiger partial charge in [-0.1, -0.05) is 0 Å². The van der Waals surface area contributed by atoms with Crippen molar-refractivity contribution in [1.29, 1.82) is 0 Å². The molecule has 2 rings (SSSR count). The molecule has 0 amide bonds. The van der Waals surface area contributed by atoms with Gasteiger partial charge in [-0.05, 0) is 49.4 Å². The molecule has 92 valence electrons. The van der Waals surface area contributed by atoms with Crippen LogP contribution in [0.2, 0.25) is 0 Å². The van der Waals surface area contributed by atoms with E-state index in [0.29, 0.717) is 22.7 Å². The molecular formula is C14H12FNO2. The van der Waals surface area contributed by atoms with Gasteiger partial charge in [-0.2, -0.15) is 0 Å². The molecule has 4 heteroatoms. The zero-order chi connectivity index (χ0) is 13.1. The molecule has 3 nitrogen and oxygen atoms in total. The summed E-state index contributed by atoms with van der Waals surface area (Å²) in [5, 5.41) is 0. The van der Waals surface area contributed by atoms with Crippen LogP contribution in [0, 0.1) is 5.82 Å². The average Bonchev–Trinajstić information content (AvgIpc) is 2.34. The van der Waals surface area contributed by atoms with Gasteiger partial charge < -0.3 is 10.5 Å². The topological polar surface area (TPSA) is 52.3 Å². The van der Waals surface area contributed by atoms with E-state index in [4.69, 9.17) is 10.5 Å². The molecule has 0 aliphatic heterocycles. The summed E-state index contributed by atoms with van der Waals surface area (Å²) in [7, 11) is 0. The normalized spacial score (nSPS) is 10.1. The summed E-state index contributed by atoms with van der Waals surface area (Å²) in [5.41, 5.74) is 6.68. The minimum Gasteiger partial charge on any atom is -0.455 e. The van der Waals surface area contributed by atoms with Crippen molar-refractivity contribution in [2.75, 3.05) is 5.73 Å². The molecule has 0 radical (unpaired) electrons. The highest BCUT2D eigenvalue weighted by atomic mass is 19.1. The fourth-order valence-electron chi connectivity index (χ4n) is 1.49. The van der Waals surface area contributed by atoms with Gasteiger partial charge in [0.05, 0.1) is 5.69 Å². The summed E-state index contributed by atoms with van der Waals surface area (Å²) in [6, 6.07) is 10.4. The number of nitrogen functional groups attached to an aromatic ring is 1. The lowest BCUT2D eigenvalue weighted by molar-refractivity contribution is 0.101. The highest BCUT2D eigenvalue weighted by molar-refractivity contribution is 5.95. The molecule has 2 N–H and O–H groups in total. The van der Waals surface area contributed by atoms with Crippen molar-refractivity contribution in [2.45, 2.75) is 6.92 Å². The number of carbonyl (C=O) groups is 1. The quantitative estimate of drug-likeness (QED) is 0.666. The Morgan fingerprint density at radius 2 is 1.83 bits per heavy atom. The lowest BCUT2D eigenvalue weighted by Gasteiger charge is -2.09. The summed E-state index contributed by atoms with van der Waals surface area (Å²) in [4.78, 5) is 11.2. The van der Waals surface area contributed by atoms with E-state index in [9.17, 15) is 9.18 Å². The lowest BCUT2D eigenvalue weighted by atomic mass is 10.1. The summed E-state index contributed by atoms with van der Waals surface area (Å²) in [5.74, 6) is 0.530. The zero-order valence-corrected chi connectivity index (χ0v) is 9.81. The van der Waals surface area contributed by atoms with Crippen molar-refractivity contribution in [3.63, 3.8) is 0 Å². The third kappa shape index (κ3) is 2.66. The maximum absolute atomic E-state index is 12.7. The number of hydrogen-bond donors (Lipinski definition) is 1. The Balaban J connectivity index is 2.24. The van der Waals surface area contributed by atoms with Crippen LogP contribution in [0.3, 0.4) is 0 Å². The van der Waals surface area contributed by atoms with Gasteiger partial charge in [0.15, 0.2) is 5.78 Å². The predicted molar refractivity (Wildman–Crippen MR) is 67.3 cm³/mol. The first kappa shape index (κ1) is 12.1. The van der Waals surface area contributed by atoms with E-state index in [0.717, 1.165) is 0 Å². The second-order valence-corrected chi connectivity index (χ2v) is 3.86. The second-order valence-electron chi connectivity index (χ2n) is 3.86. The molecule has 18 heavy (non-hydrogen) atoms. The van der Waals surface area contributed by atoms with E-state index >= 15 is 0 Å². The van der Waals surface area contributed by atoms with Gasteiger partial charge in [-0.25, -0.2) is 4.39 Å². The maximum Gasteiger partial charge on any atom is 0.159 e. The van der Waals surface area contributed by atoms with Gasteiger partial charge in [0, 0.05) is 5.56 Å². The van der Waals surface area contributed by atoms with Gasteiger partial charge in [0.2, 0.25) is 0 Å². The first-order valence-electron chi connectivity index (χ1n) is 5.40. The van der Waals surface area contributed by atoms with Crippen LogP contribution in [0.5, 0.6) is 11.5 Å². The van der Waals surface area contributed by atoms with E-state index in [1.54, 1.807) is 18.2 Å². The van der Waals surface area contributed by atoms with Crippen LogP contribution >= 0.6 is 0 Å². The molecular weight excluding hydrogens is 233 g/mol. The van der Waals surface area contributed by atoms with Crippen LogP contribution in [-0.2, 0) is 0 Å². The molecule has 0 saturated heterocycles. The Morgan fingerprint density at radius 1 is 1.17 bits per heavy atom. The lowest BCUT2D eigenvalue weighted by Crippen LogP contribution is -1.97. The van der Waals surface area contributed by atoms with E-state index in [1.807, 2.05) is 0 Å². The average molecular weight is 245 g/mol. The van der Waals surface area contributed by atoms with E-state index in [2.05, 4.69) is 0 Å². The van der Waals surface area contributed by atoms with Gasteiger partial charge in [-0.3, -0.25) is 4.79 Å². The molecule has 0 aromatic heterocycles. The molecule has 0 saturated carbocycles. The number of Topliss-reactive ketones (excluding diaryl/α,β-unsaturated/α-hetero) is 1. The third-order valence-corrected chi connectivity index (χ3v) is 2.46. The standard InChI is InChI=1S/C14H12FNO2/c1-9(17)10-2-7-14(13(16)8-10)18-12-5-3-11(15)4-6-12/h2-8H,16H2,1H3. The number of ether oxygens (including phenoxy) is 1. The molecule has 0 aliphatic carbocycles. The number of ketones is 1. The number of carbonyl (C=O) groups excluding carboxylic acids is 1. The number of nitrogens with two attached hydrogens (primary N) is 1. The van der Waals surface area contributed by atoms with Crippen molar-refractivity contribution in [3.05, 3.63) is 53.8 Å². The molecule has 0 fully saturated rings. The molecule has 0 atom stereocenters. The van der Waals surface area contributed by atoms with Crippen molar-refractivity contribution < 1.29 is 13.9 Å². The Kier molecular flexibility index (Phi) is 3.28. The fourth-order valence-corrected chi connectivity index (χ4v) is 1.49. The van der Waals surface area contributed by atoms with Gasteiger partial charge in [-0.15, -0.1) is 0 Å². The largest absolute Gasteiger partial charge is 0.455 e. The molecule has 0 spiro atoms. The minimum atomic E-state index is -0.331. The number of halogens is 1. The van der Waals surface area contributed by atoms with E-state index in [1.165, 1.54) is 31.2 Å².